The van der Waals surface area contributed by atoms with Crippen LogP contribution in [0.4, 0.5) is 0 Å². The molecule has 0 unspecified atom stereocenters. The lowest BCUT2D eigenvalue weighted by Crippen LogP contribution is -2.28. The largest absolute Gasteiger partial charge is 0.355 e. The summed E-state index contributed by atoms with van der Waals surface area (Å²) in [5.41, 5.74) is 2.83. The Balaban J connectivity index is 2.36. The molecular formula is C13H21N5OS. The highest BCUT2D eigenvalue weighted by molar-refractivity contribution is 7.71. The average molecular weight is 295 g/mol. The van der Waals surface area contributed by atoms with E-state index in [9.17, 15) is 4.79 Å². The van der Waals surface area contributed by atoms with Gasteiger partial charge in [-0.1, -0.05) is 20.3 Å². The number of H-pyrrole nitrogens is 1. The summed E-state index contributed by atoms with van der Waals surface area (Å²) >= 11 is 5.33. The number of nitrogens with one attached hydrogen (secondary N) is 2. The van der Waals surface area contributed by atoms with E-state index in [-0.39, 0.29) is 12.5 Å². The topological polar surface area (TPSA) is 67.6 Å². The summed E-state index contributed by atoms with van der Waals surface area (Å²) in [5.74, 6) is -0.0258. The van der Waals surface area contributed by atoms with Crippen LogP contribution in [0.25, 0.3) is 11.2 Å². The Morgan fingerprint density at radius 1 is 1.40 bits per heavy atom. The van der Waals surface area contributed by atoms with Crippen LogP contribution in [0.15, 0.2) is 0 Å². The van der Waals surface area contributed by atoms with Crippen LogP contribution in [-0.4, -0.2) is 31.8 Å². The second-order valence-corrected chi connectivity index (χ2v) is 5.27. The number of aromatic amines is 1. The first-order valence-electron chi connectivity index (χ1n) is 6.99. The number of fused-ring (bicyclic) bond motifs is 1. The number of nitrogens with zero attached hydrogens (tertiary/aromatic N) is 3. The van der Waals surface area contributed by atoms with Gasteiger partial charge in [0.05, 0.1) is 5.69 Å². The van der Waals surface area contributed by atoms with Crippen LogP contribution >= 0.6 is 12.2 Å². The van der Waals surface area contributed by atoms with Gasteiger partial charge in [-0.25, -0.2) is 0 Å². The van der Waals surface area contributed by atoms with Crippen molar-refractivity contribution in [3.8, 4) is 0 Å². The molecule has 0 bridgehead atoms. The van der Waals surface area contributed by atoms with Gasteiger partial charge in [0, 0.05) is 13.6 Å². The van der Waals surface area contributed by atoms with Gasteiger partial charge in [-0.05, 0) is 25.1 Å². The summed E-state index contributed by atoms with van der Waals surface area (Å²) < 4.78 is 4.17. The third-order valence-corrected chi connectivity index (χ3v) is 3.51. The summed E-state index contributed by atoms with van der Waals surface area (Å²) in [5, 5.41) is 7.36. The lowest BCUT2D eigenvalue weighted by atomic mass is 10.2. The molecule has 20 heavy (non-hydrogen) atoms. The fraction of sp³-hybridized carbons (Fsp3) is 0.615. The fourth-order valence-electron chi connectivity index (χ4n) is 2.30. The predicted octanol–water partition coefficient (Wildman–Crippen LogP) is 1.91. The number of rotatable bonds is 6. The molecule has 2 aromatic rings. The van der Waals surface area contributed by atoms with Crippen molar-refractivity contribution in [2.45, 2.75) is 39.7 Å². The molecule has 2 N–H and O–H groups in total. The third kappa shape index (κ3) is 2.77. The Morgan fingerprint density at radius 2 is 2.15 bits per heavy atom. The molecule has 2 heterocycles. The summed E-state index contributed by atoms with van der Waals surface area (Å²) in [6.07, 6.45) is 2.84. The second-order valence-electron chi connectivity index (χ2n) is 4.89. The van der Waals surface area contributed by atoms with E-state index < -0.39 is 0 Å². The monoisotopic (exact) mass is 295 g/mol. The van der Waals surface area contributed by atoms with Crippen LogP contribution in [0.2, 0.25) is 0 Å². The number of carbonyl (C=O) groups is 1. The van der Waals surface area contributed by atoms with E-state index in [4.69, 9.17) is 12.2 Å². The van der Waals surface area contributed by atoms with Crippen LogP contribution < -0.4 is 5.32 Å². The number of hydrogen-bond donors (Lipinski definition) is 2. The first-order valence-corrected chi connectivity index (χ1v) is 7.40. The minimum absolute atomic E-state index is 0.0258. The van der Waals surface area contributed by atoms with Crippen LogP contribution in [0.1, 0.15) is 32.4 Å². The van der Waals surface area contributed by atoms with E-state index in [1.807, 2.05) is 18.5 Å². The van der Waals surface area contributed by atoms with E-state index in [0.29, 0.717) is 11.3 Å². The maximum atomic E-state index is 11.9. The Labute approximate surface area is 123 Å². The molecule has 2 aromatic heterocycles. The SMILES string of the molecule is CCCNC(=O)Cn1c(=S)[nH]c2c(CCC)nn(C)c21. The number of aromatic nitrogens is 4. The van der Waals surface area contributed by atoms with Crippen molar-refractivity contribution in [1.29, 1.82) is 0 Å². The second kappa shape index (κ2) is 6.21. The van der Waals surface area contributed by atoms with Gasteiger partial charge in [0.15, 0.2) is 10.4 Å². The highest BCUT2D eigenvalue weighted by atomic mass is 32.1. The zero-order valence-electron chi connectivity index (χ0n) is 12.2. The molecule has 6 nitrogen and oxygen atoms in total. The number of carbonyl (C=O) groups excluding carboxylic acids is 1. The van der Waals surface area contributed by atoms with Crippen LogP contribution in [0, 0.1) is 4.77 Å². The van der Waals surface area contributed by atoms with Gasteiger partial charge in [0.25, 0.3) is 0 Å². The highest BCUT2D eigenvalue weighted by Crippen LogP contribution is 2.18. The fourth-order valence-corrected chi connectivity index (χ4v) is 2.55. The summed E-state index contributed by atoms with van der Waals surface area (Å²) in [6.45, 7) is 5.05. The zero-order chi connectivity index (χ0) is 14.7. The summed E-state index contributed by atoms with van der Waals surface area (Å²) in [7, 11) is 1.88. The van der Waals surface area contributed by atoms with Gasteiger partial charge >= 0.3 is 0 Å². The maximum absolute atomic E-state index is 11.9. The molecule has 1 amide bonds. The molecule has 0 fully saturated rings. The Morgan fingerprint density at radius 3 is 2.80 bits per heavy atom. The Kier molecular flexibility index (Phi) is 4.59. The number of hydrogen-bond acceptors (Lipinski definition) is 3. The molecule has 2 rings (SSSR count). The van der Waals surface area contributed by atoms with Crippen LogP contribution in [0.5, 0.6) is 0 Å². The van der Waals surface area contributed by atoms with E-state index >= 15 is 0 Å². The minimum Gasteiger partial charge on any atom is -0.355 e. The van der Waals surface area contributed by atoms with E-state index in [2.05, 4.69) is 22.3 Å². The van der Waals surface area contributed by atoms with E-state index in [1.165, 1.54) is 0 Å². The average Bonchev–Trinajstić information content (AvgIpc) is 2.87. The zero-order valence-corrected chi connectivity index (χ0v) is 13.0. The lowest BCUT2D eigenvalue weighted by Gasteiger charge is -2.05. The summed E-state index contributed by atoms with van der Waals surface area (Å²) in [4.78, 5) is 15.1. The molecule has 0 saturated carbocycles. The van der Waals surface area contributed by atoms with Gasteiger partial charge in [0.1, 0.15) is 12.1 Å². The summed E-state index contributed by atoms with van der Waals surface area (Å²) in [6, 6.07) is 0. The Hall–Kier alpha value is -1.63. The maximum Gasteiger partial charge on any atom is 0.240 e. The molecule has 0 spiro atoms. The molecule has 110 valence electrons. The number of amides is 1. The molecular weight excluding hydrogens is 274 g/mol. The first kappa shape index (κ1) is 14.8. The van der Waals surface area contributed by atoms with Crippen molar-refractivity contribution in [2.75, 3.05) is 6.54 Å². The quantitative estimate of drug-likeness (QED) is 0.800. The molecule has 0 saturated heterocycles. The van der Waals surface area contributed by atoms with Gasteiger partial charge < -0.3 is 10.3 Å². The van der Waals surface area contributed by atoms with Crippen LogP contribution in [-0.2, 0) is 24.8 Å². The molecule has 0 radical (unpaired) electrons. The number of imidazole rings is 1. The van der Waals surface area contributed by atoms with E-state index in [1.54, 1.807) is 4.68 Å². The van der Waals surface area contributed by atoms with Gasteiger partial charge in [-0.3, -0.25) is 14.0 Å². The molecule has 0 aromatic carbocycles. The van der Waals surface area contributed by atoms with Crippen LogP contribution in [0.3, 0.4) is 0 Å². The molecule has 0 atom stereocenters. The molecule has 7 heteroatoms. The minimum atomic E-state index is -0.0258. The van der Waals surface area contributed by atoms with Crippen molar-refractivity contribution < 1.29 is 4.79 Å². The van der Waals surface area contributed by atoms with E-state index in [0.717, 1.165) is 36.1 Å². The van der Waals surface area contributed by atoms with Crippen molar-refractivity contribution in [3.05, 3.63) is 10.5 Å². The molecule has 0 aliphatic heterocycles. The van der Waals surface area contributed by atoms with Gasteiger partial charge in [0.2, 0.25) is 5.91 Å². The number of aryl methyl sites for hydroxylation is 2. The molecule has 0 aliphatic carbocycles. The van der Waals surface area contributed by atoms with Crippen molar-refractivity contribution in [2.24, 2.45) is 7.05 Å². The highest BCUT2D eigenvalue weighted by Gasteiger charge is 2.16. The van der Waals surface area contributed by atoms with Crippen molar-refractivity contribution in [1.82, 2.24) is 24.6 Å². The smallest absolute Gasteiger partial charge is 0.240 e. The molecule has 0 aliphatic rings. The lowest BCUT2D eigenvalue weighted by molar-refractivity contribution is -0.121. The Bertz CT molecular complexity index is 666. The first-order chi connectivity index (χ1) is 9.58. The normalized spacial score (nSPS) is 11.2. The standard InChI is InChI=1S/C13H21N5OS/c1-4-6-9-11-12(17(3)16-9)18(13(20)15-11)8-10(19)14-7-5-2/h4-8H2,1-3H3,(H,14,19)(H,15,20). The van der Waals surface area contributed by atoms with Crippen molar-refractivity contribution in [3.63, 3.8) is 0 Å². The van der Waals surface area contributed by atoms with Gasteiger partial charge in [-0.15, -0.1) is 0 Å². The van der Waals surface area contributed by atoms with Gasteiger partial charge in [-0.2, -0.15) is 5.10 Å². The van der Waals surface area contributed by atoms with Crippen molar-refractivity contribution >= 4 is 29.3 Å². The predicted molar refractivity (Wildman–Crippen MR) is 81.2 cm³/mol. The third-order valence-electron chi connectivity index (χ3n) is 3.18.